The molecule has 19 heavy (non-hydrogen) atoms. The van der Waals surface area contributed by atoms with E-state index in [1.165, 1.54) is 18.3 Å². The number of nitro groups is 1. The zero-order valence-electron chi connectivity index (χ0n) is 10.8. The largest absolute Gasteiger partial charge is 0.476 e. The standard InChI is InChI=1S/C12H17N3O4/c1-2-3-4-7-13-11(16)9-19-10-6-5-8-14-12(10)15(17)18/h5-6,8H,2-4,7,9H2,1H3,(H,13,16). The van der Waals surface area contributed by atoms with Gasteiger partial charge in [-0.2, -0.15) is 0 Å². The van der Waals surface area contributed by atoms with Crippen LogP contribution in [0.3, 0.4) is 0 Å². The predicted molar refractivity (Wildman–Crippen MR) is 68.9 cm³/mol. The Morgan fingerprint density at radius 3 is 3.00 bits per heavy atom. The van der Waals surface area contributed by atoms with Gasteiger partial charge in [-0.15, -0.1) is 0 Å². The van der Waals surface area contributed by atoms with E-state index < -0.39 is 4.92 Å². The molecule has 0 aliphatic carbocycles. The molecule has 0 aromatic carbocycles. The molecule has 1 aromatic heterocycles. The van der Waals surface area contributed by atoms with E-state index in [0.717, 1.165) is 19.3 Å². The van der Waals surface area contributed by atoms with E-state index in [0.29, 0.717) is 6.54 Å². The molecule has 7 nitrogen and oxygen atoms in total. The summed E-state index contributed by atoms with van der Waals surface area (Å²) < 4.78 is 5.10. The Morgan fingerprint density at radius 1 is 1.53 bits per heavy atom. The van der Waals surface area contributed by atoms with E-state index in [9.17, 15) is 14.9 Å². The zero-order valence-corrected chi connectivity index (χ0v) is 10.8. The van der Waals surface area contributed by atoms with E-state index in [-0.39, 0.29) is 24.1 Å². The lowest BCUT2D eigenvalue weighted by molar-refractivity contribution is -0.390. The number of unbranched alkanes of at least 4 members (excludes halogenated alkanes) is 2. The number of ether oxygens (including phenoxy) is 1. The highest BCUT2D eigenvalue weighted by Gasteiger charge is 2.16. The second-order valence-electron chi connectivity index (χ2n) is 3.93. The van der Waals surface area contributed by atoms with Crippen LogP contribution in [-0.2, 0) is 4.79 Å². The first-order valence-corrected chi connectivity index (χ1v) is 6.14. The molecule has 0 spiro atoms. The normalized spacial score (nSPS) is 9.95. The topological polar surface area (TPSA) is 94.4 Å². The van der Waals surface area contributed by atoms with Crippen LogP contribution in [0.25, 0.3) is 0 Å². The van der Waals surface area contributed by atoms with Gasteiger partial charge in [-0.1, -0.05) is 19.8 Å². The van der Waals surface area contributed by atoms with Crippen LogP contribution in [0.15, 0.2) is 18.3 Å². The molecule has 0 bridgehead atoms. The second-order valence-corrected chi connectivity index (χ2v) is 3.93. The summed E-state index contributed by atoms with van der Waals surface area (Å²) in [6.07, 6.45) is 4.34. The van der Waals surface area contributed by atoms with Crippen molar-refractivity contribution in [3.8, 4) is 5.75 Å². The fourth-order valence-corrected chi connectivity index (χ4v) is 1.43. The second kappa shape index (κ2) is 8.02. The number of pyridine rings is 1. The minimum atomic E-state index is -0.644. The molecule has 104 valence electrons. The fourth-order valence-electron chi connectivity index (χ4n) is 1.43. The maximum Gasteiger partial charge on any atom is 0.406 e. The van der Waals surface area contributed by atoms with Crippen LogP contribution in [-0.4, -0.2) is 29.0 Å². The molecular weight excluding hydrogens is 250 g/mol. The van der Waals surface area contributed by atoms with Crippen molar-refractivity contribution in [2.45, 2.75) is 26.2 Å². The number of hydrogen-bond donors (Lipinski definition) is 1. The molecule has 0 aliphatic rings. The van der Waals surface area contributed by atoms with Crippen LogP contribution < -0.4 is 10.1 Å². The highest BCUT2D eigenvalue weighted by atomic mass is 16.6. The highest BCUT2D eigenvalue weighted by molar-refractivity contribution is 5.77. The number of carbonyl (C=O) groups is 1. The molecular formula is C12H17N3O4. The summed E-state index contributed by atoms with van der Waals surface area (Å²) >= 11 is 0. The molecule has 7 heteroatoms. The molecule has 1 amide bonds. The van der Waals surface area contributed by atoms with Gasteiger partial charge in [0.15, 0.2) is 6.61 Å². The van der Waals surface area contributed by atoms with Gasteiger partial charge in [0.25, 0.3) is 5.91 Å². The quantitative estimate of drug-likeness (QED) is 0.439. The van der Waals surface area contributed by atoms with Crippen LogP contribution in [0.4, 0.5) is 5.82 Å². The van der Waals surface area contributed by atoms with Gasteiger partial charge >= 0.3 is 5.82 Å². The summed E-state index contributed by atoms with van der Waals surface area (Å²) in [4.78, 5) is 25.0. The summed E-state index contributed by atoms with van der Waals surface area (Å²) in [5.74, 6) is -0.688. The van der Waals surface area contributed by atoms with Crippen molar-refractivity contribution < 1.29 is 14.5 Å². The zero-order chi connectivity index (χ0) is 14.1. The summed E-state index contributed by atoms with van der Waals surface area (Å²) in [7, 11) is 0. The molecule has 0 saturated carbocycles. The number of aromatic nitrogens is 1. The van der Waals surface area contributed by atoms with Crippen LogP contribution in [0.1, 0.15) is 26.2 Å². The summed E-state index contributed by atoms with van der Waals surface area (Å²) in [6, 6.07) is 2.93. The number of nitrogens with zero attached hydrogens (tertiary/aromatic N) is 2. The Kier molecular flexibility index (Phi) is 6.28. The predicted octanol–water partition coefficient (Wildman–Crippen LogP) is 1.67. The van der Waals surface area contributed by atoms with E-state index in [2.05, 4.69) is 17.2 Å². The van der Waals surface area contributed by atoms with Crippen LogP contribution in [0.5, 0.6) is 5.75 Å². The van der Waals surface area contributed by atoms with Gasteiger partial charge in [-0.05, 0) is 28.5 Å². The minimum absolute atomic E-state index is 0.00351. The Labute approximate surface area is 111 Å². The molecule has 0 aliphatic heterocycles. The lowest BCUT2D eigenvalue weighted by atomic mass is 10.2. The van der Waals surface area contributed by atoms with Crippen molar-refractivity contribution in [2.75, 3.05) is 13.2 Å². The summed E-state index contributed by atoms with van der Waals surface area (Å²) in [5.41, 5.74) is 0. The first-order valence-electron chi connectivity index (χ1n) is 6.14. The number of hydrogen-bond acceptors (Lipinski definition) is 5. The van der Waals surface area contributed by atoms with Gasteiger partial charge in [0.2, 0.25) is 5.75 Å². The monoisotopic (exact) mass is 267 g/mol. The van der Waals surface area contributed by atoms with Crippen molar-refractivity contribution >= 4 is 11.7 Å². The maximum atomic E-state index is 11.4. The first-order chi connectivity index (χ1) is 9.15. The van der Waals surface area contributed by atoms with Crippen LogP contribution in [0, 0.1) is 10.1 Å². The van der Waals surface area contributed by atoms with Crippen LogP contribution in [0.2, 0.25) is 0 Å². The molecule has 1 N–H and O–H groups in total. The lowest BCUT2D eigenvalue weighted by Crippen LogP contribution is -2.29. The smallest absolute Gasteiger partial charge is 0.406 e. The molecule has 0 radical (unpaired) electrons. The molecule has 0 saturated heterocycles. The average molecular weight is 267 g/mol. The van der Waals surface area contributed by atoms with Gasteiger partial charge in [0.05, 0.1) is 0 Å². The summed E-state index contributed by atoms with van der Waals surface area (Å²) in [6.45, 7) is 2.41. The van der Waals surface area contributed by atoms with E-state index in [1.54, 1.807) is 0 Å². The van der Waals surface area contributed by atoms with Gasteiger partial charge in [-0.25, -0.2) is 0 Å². The van der Waals surface area contributed by atoms with Crippen molar-refractivity contribution in [1.82, 2.24) is 10.3 Å². The molecule has 1 heterocycles. The van der Waals surface area contributed by atoms with Gasteiger partial charge in [-0.3, -0.25) is 4.79 Å². The van der Waals surface area contributed by atoms with Crippen molar-refractivity contribution in [1.29, 1.82) is 0 Å². The van der Waals surface area contributed by atoms with Crippen molar-refractivity contribution in [2.24, 2.45) is 0 Å². The molecule has 0 atom stereocenters. The Morgan fingerprint density at radius 2 is 2.32 bits per heavy atom. The number of nitrogens with one attached hydrogen (secondary N) is 1. The van der Waals surface area contributed by atoms with Crippen LogP contribution >= 0.6 is 0 Å². The van der Waals surface area contributed by atoms with E-state index >= 15 is 0 Å². The van der Waals surface area contributed by atoms with E-state index in [1.807, 2.05) is 0 Å². The average Bonchev–Trinajstić information content (AvgIpc) is 2.41. The number of amides is 1. The minimum Gasteiger partial charge on any atom is -0.476 e. The first kappa shape index (κ1) is 14.9. The highest BCUT2D eigenvalue weighted by Crippen LogP contribution is 2.22. The fraction of sp³-hybridized carbons (Fsp3) is 0.500. The Bertz CT molecular complexity index is 437. The molecule has 1 rings (SSSR count). The third-order valence-corrected chi connectivity index (χ3v) is 2.39. The molecule has 0 fully saturated rings. The number of rotatable bonds is 8. The maximum absolute atomic E-state index is 11.4. The van der Waals surface area contributed by atoms with Gasteiger partial charge in [0, 0.05) is 6.54 Å². The third-order valence-electron chi connectivity index (χ3n) is 2.39. The van der Waals surface area contributed by atoms with Gasteiger partial charge < -0.3 is 20.2 Å². The van der Waals surface area contributed by atoms with E-state index in [4.69, 9.17) is 4.74 Å². The van der Waals surface area contributed by atoms with Crippen molar-refractivity contribution in [3.63, 3.8) is 0 Å². The molecule has 1 aromatic rings. The molecule has 0 unspecified atom stereocenters. The number of carbonyl (C=O) groups excluding carboxylic acids is 1. The lowest BCUT2D eigenvalue weighted by Gasteiger charge is -2.07. The Hall–Kier alpha value is -2.18. The van der Waals surface area contributed by atoms with Gasteiger partial charge in [0.1, 0.15) is 6.20 Å². The Balaban J connectivity index is 2.40. The third kappa shape index (κ3) is 5.33. The van der Waals surface area contributed by atoms with Crippen molar-refractivity contribution in [3.05, 3.63) is 28.4 Å². The SMILES string of the molecule is CCCCCNC(=O)COc1cccnc1[N+](=O)[O-]. The summed E-state index contributed by atoms with van der Waals surface area (Å²) in [5, 5.41) is 13.4.